The second kappa shape index (κ2) is 11.8. The highest BCUT2D eigenvalue weighted by Crippen LogP contribution is 2.58. The van der Waals surface area contributed by atoms with Gasteiger partial charge in [-0.15, -0.1) is 0 Å². The first-order valence-electron chi connectivity index (χ1n) is 12.9. The fraction of sp³-hybridized carbons (Fsp3) is 0.500. The van der Waals surface area contributed by atoms with Crippen molar-refractivity contribution in [3.8, 4) is 0 Å². The molecule has 1 fully saturated rings. The number of rotatable bonds is 12. The van der Waals surface area contributed by atoms with Crippen molar-refractivity contribution in [3.63, 3.8) is 0 Å². The molecule has 1 heterocycles. The quantitative estimate of drug-likeness (QED) is 0.236. The van der Waals surface area contributed by atoms with Gasteiger partial charge in [-0.25, -0.2) is 0 Å². The summed E-state index contributed by atoms with van der Waals surface area (Å²) in [5.41, 5.74) is 2.60. The van der Waals surface area contributed by atoms with Gasteiger partial charge in [0.15, 0.2) is 0 Å². The molecule has 34 heavy (non-hydrogen) atoms. The Kier molecular flexibility index (Phi) is 8.76. The van der Waals surface area contributed by atoms with Crippen molar-refractivity contribution in [3.05, 3.63) is 75.8 Å². The third-order valence-corrected chi connectivity index (χ3v) is 10.5. The number of unbranched alkanes of at least 4 members (excludes halogenated alkanes) is 5. The summed E-state index contributed by atoms with van der Waals surface area (Å²) in [4.78, 5) is 14.4. The van der Waals surface area contributed by atoms with E-state index in [0.717, 1.165) is 22.8 Å². The second-order valence-corrected chi connectivity index (χ2v) is 12.7. The Morgan fingerprint density at radius 1 is 0.971 bits per heavy atom. The van der Waals surface area contributed by atoms with E-state index in [4.69, 9.17) is 0 Å². The number of hydrogen-bond donors (Lipinski definition) is 0. The van der Waals surface area contributed by atoms with Gasteiger partial charge in [0, 0.05) is 40.2 Å². The zero-order chi connectivity index (χ0) is 24.0. The van der Waals surface area contributed by atoms with Crippen LogP contribution in [0.25, 0.3) is 10.1 Å². The molecule has 3 atom stereocenters. The molecule has 1 aliphatic rings. The normalized spacial score (nSPS) is 22.0. The molecule has 1 saturated carbocycles. The highest BCUT2D eigenvalue weighted by atomic mass is 32.2. The monoisotopic (exact) mass is 493 g/mol. The predicted molar refractivity (Wildman–Crippen MR) is 153 cm³/mol. The van der Waals surface area contributed by atoms with Gasteiger partial charge in [-0.05, 0) is 55.4 Å². The molecule has 2 nitrogen and oxygen atoms in total. The van der Waals surface area contributed by atoms with Crippen LogP contribution >= 0.6 is 23.1 Å². The lowest BCUT2D eigenvalue weighted by Crippen LogP contribution is -2.47. The standard InChI is InChI=1S/C30H39NOS2/c1-23-21-26(24-15-9-8-10-16-24)30(23,2)33-20-14-7-5-4-6-13-19-31(3)27-22-29(32)34-28-18-12-11-17-25(27)28/h8-12,15-18,22-23,26H,4-7,13-14,19-21H2,1-3H3. The van der Waals surface area contributed by atoms with Crippen LogP contribution in [0, 0.1) is 5.92 Å². The summed E-state index contributed by atoms with van der Waals surface area (Å²) in [7, 11) is 2.12. The first-order valence-corrected chi connectivity index (χ1v) is 14.7. The molecule has 0 aliphatic heterocycles. The van der Waals surface area contributed by atoms with Crippen LogP contribution in [0.15, 0.2) is 65.5 Å². The molecule has 0 N–H and O–H groups in total. The molecule has 2 aromatic carbocycles. The number of hydrogen-bond acceptors (Lipinski definition) is 4. The van der Waals surface area contributed by atoms with Crippen molar-refractivity contribution in [2.45, 2.75) is 69.5 Å². The number of benzene rings is 2. The van der Waals surface area contributed by atoms with E-state index in [0.29, 0.717) is 10.7 Å². The molecule has 0 spiro atoms. The molecule has 0 bridgehead atoms. The van der Waals surface area contributed by atoms with E-state index >= 15 is 0 Å². The molecule has 0 radical (unpaired) electrons. The molecule has 1 aliphatic carbocycles. The Balaban J connectivity index is 1.12. The van der Waals surface area contributed by atoms with Crippen molar-refractivity contribution < 1.29 is 0 Å². The Morgan fingerprint density at radius 2 is 1.65 bits per heavy atom. The highest BCUT2D eigenvalue weighted by Gasteiger charge is 2.49. The zero-order valence-corrected chi connectivity index (χ0v) is 22.6. The van der Waals surface area contributed by atoms with Gasteiger partial charge < -0.3 is 4.90 Å². The summed E-state index contributed by atoms with van der Waals surface area (Å²) in [6, 6.07) is 21.2. The van der Waals surface area contributed by atoms with E-state index < -0.39 is 0 Å². The van der Waals surface area contributed by atoms with Crippen LogP contribution < -0.4 is 9.64 Å². The van der Waals surface area contributed by atoms with Gasteiger partial charge in [0.25, 0.3) is 0 Å². The molecule has 0 saturated heterocycles. The molecule has 3 unspecified atom stereocenters. The van der Waals surface area contributed by atoms with Gasteiger partial charge >= 0.3 is 0 Å². The van der Waals surface area contributed by atoms with Crippen molar-refractivity contribution in [2.24, 2.45) is 5.92 Å². The van der Waals surface area contributed by atoms with Crippen molar-refractivity contribution >= 4 is 38.9 Å². The van der Waals surface area contributed by atoms with Gasteiger partial charge in [-0.2, -0.15) is 11.8 Å². The Hall–Kier alpha value is -1.78. The van der Waals surface area contributed by atoms with E-state index in [2.05, 4.69) is 80.0 Å². The van der Waals surface area contributed by atoms with Gasteiger partial charge in [0.2, 0.25) is 4.74 Å². The fourth-order valence-corrected chi connectivity index (χ4v) is 7.80. The minimum atomic E-state index is 0.138. The summed E-state index contributed by atoms with van der Waals surface area (Å²) in [6.07, 6.45) is 9.09. The Bertz CT molecular complexity index is 1110. The SMILES string of the molecule is CC1CC(c2ccccc2)C1(C)SCCCCCCCCN(C)c1cc(=O)sc2ccccc12. The number of anilines is 1. The first-order chi connectivity index (χ1) is 16.5. The van der Waals surface area contributed by atoms with E-state index in [1.54, 1.807) is 6.07 Å². The maximum atomic E-state index is 12.1. The molecule has 4 heteroatoms. The topological polar surface area (TPSA) is 20.3 Å². The van der Waals surface area contributed by atoms with Crippen molar-refractivity contribution in [2.75, 3.05) is 24.2 Å². The van der Waals surface area contributed by atoms with Crippen molar-refractivity contribution in [1.29, 1.82) is 0 Å². The third-order valence-electron chi connectivity index (χ3n) is 7.80. The Labute approximate surface area is 213 Å². The van der Waals surface area contributed by atoms with E-state index in [9.17, 15) is 4.79 Å². The van der Waals surface area contributed by atoms with E-state index in [1.165, 1.54) is 73.0 Å². The van der Waals surface area contributed by atoms with Crippen LogP contribution in [0.2, 0.25) is 0 Å². The molecular weight excluding hydrogens is 454 g/mol. The molecule has 4 rings (SSSR count). The van der Waals surface area contributed by atoms with Gasteiger partial charge in [-0.3, -0.25) is 4.79 Å². The lowest BCUT2D eigenvalue weighted by atomic mass is 9.63. The first kappa shape index (κ1) is 25.3. The largest absolute Gasteiger partial charge is 0.374 e. The fourth-order valence-electron chi connectivity index (χ4n) is 5.38. The van der Waals surface area contributed by atoms with Gasteiger partial charge in [0.1, 0.15) is 0 Å². The maximum Gasteiger partial charge on any atom is 0.234 e. The Morgan fingerprint density at radius 3 is 2.41 bits per heavy atom. The summed E-state index contributed by atoms with van der Waals surface area (Å²) < 4.78 is 1.62. The predicted octanol–water partition coefficient (Wildman–Crippen LogP) is 8.35. The van der Waals surface area contributed by atoms with Crippen molar-refractivity contribution in [1.82, 2.24) is 0 Å². The van der Waals surface area contributed by atoms with Gasteiger partial charge in [0.05, 0.1) is 0 Å². The maximum absolute atomic E-state index is 12.1. The number of fused-ring (bicyclic) bond motifs is 1. The van der Waals surface area contributed by atoms with Crippen LogP contribution in [0.3, 0.4) is 0 Å². The number of nitrogens with zero attached hydrogens (tertiary/aromatic N) is 1. The lowest BCUT2D eigenvalue weighted by molar-refractivity contribution is 0.208. The van der Waals surface area contributed by atoms with E-state index in [1.807, 2.05) is 12.1 Å². The molecule has 3 aromatic rings. The van der Waals surface area contributed by atoms with Crippen LogP contribution in [-0.2, 0) is 0 Å². The molecule has 1 aromatic heterocycles. The minimum Gasteiger partial charge on any atom is -0.374 e. The van der Waals surface area contributed by atoms with E-state index in [-0.39, 0.29) is 4.74 Å². The summed E-state index contributed by atoms with van der Waals surface area (Å²) in [5.74, 6) is 2.80. The zero-order valence-electron chi connectivity index (χ0n) is 21.0. The average molecular weight is 494 g/mol. The summed E-state index contributed by atoms with van der Waals surface area (Å²) >= 11 is 3.55. The lowest BCUT2D eigenvalue weighted by Gasteiger charge is -2.53. The van der Waals surface area contributed by atoms with Crippen LogP contribution in [0.1, 0.15) is 70.3 Å². The van der Waals surface area contributed by atoms with Crippen LogP contribution in [0.4, 0.5) is 5.69 Å². The van der Waals surface area contributed by atoms with Crippen LogP contribution in [-0.4, -0.2) is 24.1 Å². The van der Waals surface area contributed by atoms with Gasteiger partial charge in [-0.1, -0.05) is 92.5 Å². The summed E-state index contributed by atoms with van der Waals surface area (Å²) in [6.45, 7) is 5.93. The minimum absolute atomic E-state index is 0.138. The molecular formula is C30H39NOS2. The second-order valence-electron chi connectivity index (χ2n) is 10.1. The smallest absolute Gasteiger partial charge is 0.234 e. The third kappa shape index (κ3) is 5.88. The summed E-state index contributed by atoms with van der Waals surface area (Å²) in [5, 5.41) is 1.19. The molecule has 0 amide bonds. The number of thioether (sulfide) groups is 1. The average Bonchev–Trinajstić information content (AvgIpc) is 2.85. The van der Waals surface area contributed by atoms with Crippen LogP contribution in [0.5, 0.6) is 0 Å². The highest BCUT2D eigenvalue weighted by molar-refractivity contribution is 8.00. The molecule has 182 valence electrons.